The van der Waals surface area contributed by atoms with Gasteiger partial charge >= 0.3 is 0 Å². The van der Waals surface area contributed by atoms with Gasteiger partial charge in [-0.25, -0.2) is 13.8 Å². The standard InChI is InChI=1S/C22H26F2N4O3/c1-13-8-18(31-10-15-16(23)6-5-7-17(15)24)20-27-14(2)19(28(20)9-13)21(29)26-11-22(3,25)12-30-4/h5-9H,10-12,25H2,1-4H3,(H,26,29). The van der Waals surface area contributed by atoms with E-state index < -0.39 is 17.2 Å². The number of rotatable bonds is 8. The number of pyridine rings is 1. The molecule has 3 rings (SSSR count). The monoisotopic (exact) mass is 432 g/mol. The third-order valence-corrected chi connectivity index (χ3v) is 4.77. The Morgan fingerprint density at radius 2 is 1.97 bits per heavy atom. The molecule has 166 valence electrons. The number of carbonyl (C=O) groups excluding carboxylic acids is 1. The SMILES string of the molecule is COCC(C)(N)CNC(=O)c1c(C)nc2c(OCc3c(F)cccc3F)cc(C)cn12. The summed E-state index contributed by atoms with van der Waals surface area (Å²) in [5, 5.41) is 2.81. The van der Waals surface area contributed by atoms with Crippen molar-refractivity contribution in [3.05, 3.63) is 64.6 Å². The van der Waals surface area contributed by atoms with E-state index in [1.54, 1.807) is 37.6 Å². The number of nitrogens with zero attached hydrogens (tertiary/aromatic N) is 2. The van der Waals surface area contributed by atoms with Gasteiger partial charge in [-0.2, -0.15) is 0 Å². The minimum atomic E-state index is -0.729. The first-order chi connectivity index (χ1) is 14.6. The van der Waals surface area contributed by atoms with Gasteiger partial charge in [-0.3, -0.25) is 9.20 Å². The Bertz CT molecular complexity index is 1090. The molecular weight excluding hydrogens is 406 g/mol. The molecule has 0 aliphatic rings. The molecule has 1 atom stereocenters. The van der Waals surface area contributed by atoms with Gasteiger partial charge in [0.2, 0.25) is 0 Å². The summed E-state index contributed by atoms with van der Waals surface area (Å²) < 4.78 is 40.3. The molecule has 0 radical (unpaired) electrons. The summed E-state index contributed by atoms with van der Waals surface area (Å²) in [6.07, 6.45) is 1.75. The summed E-state index contributed by atoms with van der Waals surface area (Å²) >= 11 is 0. The van der Waals surface area contributed by atoms with Crippen molar-refractivity contribution >= 4 is 11.6 Å². The molecule has 2 heterocycles. The third kappa shape index (κ3) is 5.00. The zero-order valence-corrected chi connectivity index (χ0v) is 18.0. The molecule has 2 aromatic heterocycles. The van der Waals surface area contributed by atoms with Crippen LogP contribution in [-0.2, 0) is 11.3 Å². The molecule has 0 spiro atoms. The minimum absolute atomic E-state index is 0.177. The van der Waals surface area contributed by atoms with Gasteiger partial charge in [-0.1, -0.05) is 6.07 Å². The maximum atomic E-state index is 13.9. The van der Waals surface area contributed by atoms with Gasteiger partial charge in [-0.15, -0.1) is 0 Å². The minimum Gasteiger partial charge on any atom is -0.485 e. The predicted octanol–water partition coefficient (Wildman–Crippen LogP) is 2.90. The summed E-state index contributed by atoms with van der Waals surface area (Å²) in [6.45, 7) is 5.47. The molecule has 3 aromatic rings. The van der Waals surface area contributed by atoms with Gasteiger partial charge in [0.05, 0.1) is 23.4 Å². The van der Waals surface area contributed by atoms with Crippen LogP contribution in [0.25, 0.3) is 5.65 Å². The molecule has 31 heavy (non-hydrogen) atoms. The van der Waals surface area contributed by atoms with E-state index >= 15 is 0 Å². The number of halogens is 2. The van der Waals surface area contributed by atoms with E-state index in [0.29, 0.717) is 22.8 Å². The van der Waals surface area contributed by atoms with Gasteiger partial charge in [0, 0.05) is 19.9 Å². The predicted molar refractivity (Wildman–Crippen MR) is 112 cm³/mol. The summed E-state index contributed by atoms with van der Waals surface area (Å²) in [5.41, 5.74) is 7.16. The number of fused-ring (bicyclic) bond motifs is 1. The fraction of sp³-hybridized carbons (Fsp3) is 0.364. The van der Waals surface area contributed by atoms with Crippen LogP contribution in [0.3, 0.4) is 0 Å². The lowest BCUT2D eigenvalue weighted by Gasteiger charge is -2.23. The van der Waals surface area contributed by atoms with Crippen LogP contribution >= 0.6 is 0 Å². The second-order valence-corrected chi connectivity index (χ2v) is 7.88. The number of amides is 1. The van der Waals surface area contributed by atoms with Crippen LogP contribution in [-0.4, -0.2) is 41.1 Å². The first-order valence-corrected chi connectivity index (χ1v) is 9.74. The number of aromatic nitrogens is 2. The van der Waals surface area contributed by atoms with E-state index in [1.165, 1.54) is 18.2 Å². The zero-order valence-electron chi connectivity index (χ0n) is 18.0. The fourth-order valence-corrected chi connectivity index (χ4v) is 3.30. The van der Waals surface area contributed by atoms with Crippen LogP contribution < -0.4 is 15.8 Å². The number of aryl methyl sites for hydroxylation is 2. The van der Waals surface area contributed by atoms with Crippen LogP contribution in [0.5, 0.6) is 5.75 Å². The Kier molecular flexibility index (Phi) is 6.56. The molecule has 0 saturated carbocycles. The second kappa shape index (κ2) is 8.99. The Morgan fingerprint density at radius 1 is 1.29 bits per heavy atom. The summed E-state index contributed by atoms with van der Waals surface area (Å²) in [5.74, 6) is -1.42. The number of carbonyl (C=O) groups is 1. The van der Waals surface area contributed by atoms with E-state index in [2.05, 4.69) is 10.3 Å². The maximum absolute atomic E-state index is 13.9. The van der Waals surface area contributed by atoms with Gasteiger partial charge in [0.25, 0.3) is 5.91 Å². The van der Waals surface area contributed by atoms with Crippen molar-refractivity contribution in [1.29, 1.82) is 0 Å². The lowest BCUT2D eigenvalue weighted by Crippen LogP contribution is -2.51. The van der Waals surface area contributed by atoms with Crippen LogP contribution in [0.1, 0.15) is 34.2 Å². The molecule has 0 aliphatic heterocycles. The summed E-state index contributed by atoms with van der Waals surface area (Å²) in [6, 6.07) is 5.34. The largest absolute Gasteiger partial charge is 0.485 e. The van der Waals surface area contributed by atoms with Crippen molar-refractivity contribution in [2.45, 2.75) is 32.9 Å². The van der Waals surface area contributed by atoms with Crippen molar-refractivity contribution in [2.75, 3.05) is 20.3 Å². The number of imidazole rings is 1. The highest BCUT2D eigenvalue weighted by Crippen LogP contribution is 2.26. The summed E-state index contributed by atoms with van der Waals surface area (Å²) in [4.78, 5) is 17.3. The smallest absolute Gasteiger partial charge is 0.270 e. The number of benzene rings is 1. The van der Waals surface area contributed by atoms with Crippen LogP contribution in [0, 0.1) is 25.5 Å². The van der Waals surface area contributed by atoms with Crippen LogP contribution in [0.2, 0.25) is 0 Å². The first kappa shape index (κ1) is 22.6. The van der Waals surface area contributed by atoms with Crippen LogP contribution in [0.15, 0.2) is 30.5 Å². The average Bonchev–Trinajstić information content (AvgIpc) is 3.01. The highest BCUT2D eigenvalue weighted by Gasteiger charge is 2.24. The summed E-state index contributed by atoms with van der Waals surface area (Å²) in [7, 11) is 1.54. The molecule has 1 aromatic carbocycles. The Balaban J connectivity index is 1.90. The molecule has 9 heteroatoms. The number of methoxy groups -OCH3 is 1. The third-order valence-electron chi connectivity index (χ3n) is 4.77. The van der Waals surface area contributed by atoms with Crippen molar-refractivity contribution in [3.8, 4) is 5.75 Å². The molecule has 0 aliphatic carbocycles. The highest BCUT2D eigenvalue weighted by molar-refractivity contribution is 5.95. The number of ether oxygens (including phenoxy) is 2. The van der Waals surface area contributed by atoms with E-state index in [-0.39, 0.29) is 31.2 Å². The lowest BCUT2D eigenvalue weighted by molar-refractivity contribution is 0.0913. The van der Waals surface area contributed by atoms with Gasteiger partial charge in [-0.05, 0) is 44.5 Å². The Morgan fingerprint density at radius 3 is 2.61 bits per heavy atom. The number of nitrogens with two attached hydrogens (primary N) is 1. The second-order valence-electron chi connectivity index (χ2n) is 7.88. The van der Waals surface area contributed by atoms with Crippen LogP contribution in [0.4, 0.5) is 8.78 Å². The van der Waals surface area contributed by atoms with E-state index in [1.807, 2.05) is 6.92 Å². The highest BCUT2D eigenvalue weighted by atomic mass is 19.1. The average molecular weight is 432 g/mol. The quantitative estimate of drug-likeness (QED) is 0.571. The molecule has 0 fully saturated rings. The van der Waals surface area contributed by atoms with E-state index in [9.17, 15) is 13.6 Å². The molecule has 7 nitrogen and oxygen atoms in total. The van der Waals surface area contributed by atoms with E-state index in [4.69, 9.17) is 15.2 Å². The molecule has 3 N–H and O–H groups in total. The van der Waals surface area contributed by atoms with Crippen molar-refractivity contribution in [2.24, 2.45) is 5.73 Å². The lowest BCUT2D eigenvalue weighted by atomic mass is 10.1. The Hall–Kier alpha value is -3.04. The van der Waals surface area contributed by atoms with Gasteiger partial charge in [0.15, 0.2) is 11.4 Å². The number of hydrogen-bond donors (Lipinski definition) is 2. The molecule has 1 amide bonds. The molecular formula is C22H26F2N4O3. The topological polar surface area (TPSA) is 90.9 Å². The molecule has 0 saturated heterocycles. The normalized spacial score (nSPS) is 13.3. The molecule has 1 unspecified atom stereocenters. The number of nitrogens with one attached hydrogen (secondary N) is 1. The first-order valence-electron chi connectivity index (χ1n) is 9.74. The van der Waals surface area contributed by atoms with E-state index in [0.717, 1.165) is 5.56 Å². The van der Waals surface area contributed by atoms with Crippen molar-refractivity contribution in [3.63, 3.8) is 0 Å². The fourth-order valence-electron chi connectivity index (χ4n) is 3.30. The zero-order chi connectivity index (χ0) is 22.8. The van der Waals surface area contributed by atoms with Gasteiger partial charge in [0.1, 0.15) is 23.9 Å². The van der Waals surface area contributed by atoms with Gasteiger partial charge < -0.3 is 20.5 Å². The van der Waals surface area contributed by atoms with Crippen molar-refractivity contribution in [1.82, 2.24) is 14.7 Å². The maximum Gasteiger partial charge on any atom is 0.270 e. The van der Waals surface area contributed by atoms with Crippen molar-refractivity contribution < 1.29 is 23.0 Å². The molecule has 0 bridgehead atoms. The Labute approximate surface area is 179 Å². The number of hydrogen-bond acceptors (Lipinski definition) is 5.